The molecule has 0 saturated carbocycles. The minimum absolute atomic E-state index is 0.196. The van der Waals surface area contributed by atoms with E-state index in [1.165, 1.54) is 0 Å². The molecule has 0 bridgehead atoms. The van der Waals surface area contributed by atoms with Crippen molar-refractivity contribution in [1.29, 1.82) is 0 Å². The van der Waals surface area contributed by atoms with E-state index in [-0.39, 0.29) is 6.04 Å². The SMILES string of the molecule is NCCCC[C@@H](N)c1nc(N2CCOCC2)no1. The first kappa shape index (κ1) is 13.3. The van der Waals surface area contributed by atoms with Gasteiger partial charge in [-0.25, -0.2) is 0 Å². The van der Waals surface area contributed by atoms with Gasteiger partial charge in [0, 0.05) is 13.1 Å². The summed E-state index contributed by atoms with van der Waals surface area (Å²) in [5, 5.41) is 3.97. The number of ether oxygens (including phenoxy) is 1. The lowest BCUT2D eigenvalue weighted by Crippen LogP contribution is -2.36. The highest BCUT2D eigenvalue weighted by Crippen LogP contribution is 2.18. The molecule has 1 aromatic rings. The third kappa shape index (κ3) is 3.41. The smallest absolute Gasteiger partial charge is 0.266 e. The van der Waals surface area contributed by atoms with Gasteiger partial charge in [0.15, 0.2) is 0 Å². The molecule has 0 radical (unpaired) electrons. The van der Waals surface area contributed by atoms with Gasteiger partial charge in [-0.1, -0.05) is 6.42 Å². The third-order valence-corrected chi connectivity index (χ3v) is 3.01. The van der Waals surface area contributed by atoms with Crippen LogP contribution in [0.5, 0.6) is 0 Å². The van der Waals surface area contributed by atoms with Crippen LogP contribution < -0.4 is 16.4 Å². The molecular formula is C11H21N5O2. The Hall–Kier alpha value is -1.18. The van der Waals surface area contributed by atoms with Crippen LogP contribution in [0, 0.1) is 0 Å². The van der Waals surface area contributed by atoms with Crippen molar-refractivity contribution in [3.63, 3.8) is 0 Å². The Bertz CT molecular complexity index is 351. The maximum atomic E-state index is 6.00. The number of morpholine rings is 1. The van der Waals surface area contributed by atoms with Gasteiger partial charge in [0.1, 0.15) is 0 Å². The van der Waals surface area contributed by atoms with Crippen molar-refractivity contribution >= 4 is 5.95 Å². The van der Waals surface area contributed by atoms with Gasteiger partial charge in [-0.3, -0.25) is 0 Å². The minimum atomic E-state index is -0.196. The van der Waals surface area contributed by atoms with Gasteiger partial charge in [-0.05, 0) is 24.5 Å². The number of nitrogens with two attached hydrogens (primary N) is 2. The van der Waals surface area contributed by atoms with Crippen molar-refractivity contribution in [2.75, 3.05) is 37.7 Å². The van der Waals surface area contributed by atoms with E-state index in [9.17, 15) is 0 Å². The number of nitrogens with zero attached hydrogens (tertiary/aromatic N) is 3. The monoisotopic (exact) mass is 255 g/mol. The van der Waals surface area contributed by atoms with Crippen molar-refractivity contribution in [3.8, 4) is 0 Å². The second kappa shape index (κ2) is 6.67. The van der Waals surface area contributed by atoms with Gasteiger partial charge in [0.25, 0.3) is 5.95 Å². The first-order valence-electron chi connectivity index (χ1n) is 6.43. The second-order valence-corrected chi connectivity index (χ2v) is 4.42. The van der Waals surface area contributed by atoms with Gasteiger partial charge >= 0.3 is 0 Å². The molecule has 0 aliphatic carbocycles. The van der Waals surface area contributed by atoms with E-state index < -0.39 is 0 Å². The molecule has 0 unspecified atom stereocenters. The molecule has 7 heteroatoms. The Labute approximate surface area is 106 Å². The van der Waals surface area contributed by atoms with E-state index in [0.29, 0.717) is 31.6 Å². The zero-order valence-electron chi connectivity index (χ0n) is 10.5. The van der Waals surface area contributed by atoms with E-state index in [1.807, 2.05) is 4.90 Å². The zero-order valence-corrected chi connectivity index (χ0v) is 10.5. The molecule has 2 rings (SSSR count). The lowest BCUT2D eigenvalue weighted by Gasteiger charge is -2.24. The fourth-order valence-corrected chi connectivity index (χ4v) is 1.90. The molecular weight excluding hydrogens is 234 g/mol. The van der Waals surface area contributed by atoms with Gasteiger partial charge in [0.05, 0.1) is 19.3 Å². The van der Waals surface area contributed by atoms with E-state index in [1.54, 1.807) is 0 Å². The maximum absolute atomic E-state index is 6.00. The number of hydrogen-bond donors (Lipinski definition) is 2. The molecule has 0 spiro atoms. The molecule has 1 saturated heterocycles. The summed E-state index contributed by atoms with van der Waals surface area (Å²) in [7, 11) is 0. The van der Waals surface area contributed by atoms with E-state index in [0.717, 1.165) is 32.4 Å². The quantitative estimate of drug-likeness (QED) is 0.691. The summed E-state index contributed by atoms with van der Waals surface area (Å²) in [6, 6.07) is -0.196. The lowest BCUT2D eigenvalue weighted by atomic mass is 10.1. The number of unbranched alkanes of at least 4 members (excludes halogenated alkanes) is 1. The van der Waals surface area contributed by atoms with Gasteiger partial charge in [-0.2, -0.15) is 4.98 Å². The van der Waals surface area contributed by atoms with Gasteiger partial charge < -0.3 is 25.6 Å². The predicted molar refractivity (Wildman–Crippen MR) is 67.2 cm³/mol. The van der Waals surface area contributed by atoms with Crippen molar-refractivity contribution < 1.29 is 9.26 Å². The molecule has 0 amide bonds. The Morgan fingerprint density at radius 1 is 1.28 bits per heavy atom. The molecule has 1 aliphatic rings. The molecule has 1 atom stereocenters. The lowest BCUT2D eigenvalue weighted by molar-refractivity contribution is 0.121. The largest absolute Gasteiger partial charge is 0.378 e. The van der Waals surface area contributed by atoms with Crippen LogP contribution in [0.1, 0.15) is 31.2 Å². The fraction of sp³-hybridized carbons (Fsp3) is 0.818. The molecule has 2 heterocycles. The number of hydrogen-bond acceptors (Lipinski definition) is 7. The standard InChI is InChI=1S/C11H21N5O2/c12-4-2-1-3-9(13)10-14-11(15-18-10)16-5-7-17-8-6-16/h9H,1-8,12-13H2/t9-/m1/s1. The molecule has 0 aromatic carbocycles. The average molecular weight is 255 g/mol. The van der Waals surface area contributed by atoms with Crippen molar-refractivity contribution in [2.45, 2.75) is 25.3 Å². The summed E-state index contributed by atoms with van der Waals surface area (Å²) >= 11 is 0. The summed E-state index contributed by atoms with van der Waals surface area (Å²) in [6.45, 7) is 3.68. The first-order chi connectivity index (χ1) is 8.81. The van der Waals surface area contributed by atoms with Crippen LogP contribution in [-0.2, 0) is 4.74 Å². The molecule has 1 aliphatic heterocycles. The molecule has 1 fully saturated rings. The first-order valence-corrected chi connectivity index (χ1v) is 6.43. The fourth-order valence-electron chi connectivity index (χ4n) is 1.90. The summed E-state index contributed by atoms with van der Waals surface area (Å²) in [5.41, 5.74) is 11.4. The Balaban J connectivity index is 1.88. The predicted octanol–water partition coefficient (Wildman–Crippen LogP) is 0.0350. The zero-order chi connectivity index (χ0) is 12.8. The Kier molecular flexibility index (Phi) is 4.91. The maximum Gasteiger partial charge on any atom is 0.266 e. The van der Waals surface area contributed by atoms with Crippen LogP contribution in [0.4, 0.5) is 5.95 Å². The van der Waals surface area contributed by atoms with Crippen LogP contribution in [0.15, 0.2) is 4.52 Å². The van der Waals surface area contributed by atoms with Gasteiger partial charge in [-0.15, -0.1) is 0 Å². The molecule has 1 aromatic heterocycles. The second-order valence-electron chi connectivity index (χ2n) is 4.42. The number of rotatable bonds is 6. The van der Waals surface area contributed by atoms with Gasteiger partial charge in [0.2, 0.25) is 5.89 Å². The highest BCUT2D eigenvalue weighted by Gasteiger charge is 2.19. The van der Waals surface area contributed by atoms with E-state index >= 15 is 0 Å². The number of anilines is 1. The minimum Gasteiger partial charge on any atom is -0.378 e. The summed E-state index contributed by atoms with van der Waals surface area (Å²) < 4.78 is 10.5. The van der Waals surface area contributed by atoms with Crippen LogP contribution in [0.2, 0.25) is 0 Å². The number of aromatic nitrogens is 2. The van der Waals surface area contributed by atoms with Crippen LogP contribution in [-0.4, -0.2) is 43.0 Å². The summed E-state index contributed by atoms with van der Waals surface area (Å²) in [5.74, 6) is 1.12. The normalized spacial score (nSPS) is 18.0. The molecule has 102 valence electrons. The highest BCUT2D eigenvalue weighted by atomic mass is 16.5. The highest BCUT2D eigenvalue weighted by molar-refractivity contribution is 5.28. The van der Waals surface area contributed by atoms with Crippen LogP contribution in [0.25, 0.3) is 0 Å². The Morgan fingerprint density at radius 2 is 2.06 bits per heavy atom. The molecule has 7 nitrogen and oxygen atoms in total. The topological polar surface area (TPSA) is 103 Å². The molecule has 18 heavy (non-hydrogen) atoms. The van der Waals surface area contributed by atoms with E-state index in [4.69, 9.17) is 20.7 Å². The Morgan fingerprint density at radius 3 is 2.78 bits per heavy atom. The summed E-state index contributed by atoms with van der Waals surface area (Å²) in [4.78, 5) is 6.39. The average Bonchev–Trinajstić information content (AvgIpc) is 2.89. The van der Waals surface area contributed by atoms with Crippen molar-refractivity contribution in [3.05, 3.63) is 5.89 Å². The third-order valence-electron chi connectivity index (χ3n) is 3.01. The van der Waals surface area contributed by atoms with Crippen molar-refractivity contribution in [2.24, 2.45) is 11.5 Å². The van der Waals surface area contributed by atoms with Crippen LogP contribution >= 0.6 is 0 Å². The summed E-state index contributed by atoms with van der Waals surface area (Å²) in [6.07, 6.45) is 2.77. The van der Waals surface area contributed by atoms with Crippen molar-refractivity contribution in [1.82, 2.24) is 10.1 Å². The van der Waals surface area contributed by atoms with Crippen LogP contribution in [0.3, 0.4) is 0 Å². The van der Waals surface area contributed by atoms with E-state index in [2.05, 4.69) is 10.1 Å². The molecule has 4 N–H and O–H groups in total.